The van der Waals surface area contributed by atoms with Crippen LogP contribution in [0.3, 0.4) is 0 Å². The molecule has 1 aliphatic rings. The molecule has 0 radical (unpaired) electrons. The van der Waals surface area contributed by atoms with Crippen LogP contribution in [0.2, 0.25) is 0 Å². The number of hydrogen-bond donors (Lipinski definition) is 1. The Bertz CT molecular complexity index is 209. The van der Waals surface area contributed by atoms with Crippen LogP contribution in [0, 0.1) is 0 Å². The molecule has 0 aromatic heterocycles. The molecule has 0 amide bonds. The maximum absolute atomic E-state index is 6.25. The molecule has 1 saturated heterocycles. The molecule has 2 heteroatoms. The average molecular weight is 212 g/mol. The third kappa shape index (κ3) is 2.54. The van der Waals surface area contributed by atoms with E-state index in [2.05, 4.69) is 39.5 Å². The smallest absolute Gasteiger partial charge is 0.0309 e. The number of rotatable bonds is 3. The Morgan fingerprint density at radius 3 is 2.40 bits per heavy atom. The second-order valence-corrected chi connectivity index (χ2v) is 6.12. The number of piperidine rings is 1. The lowest BCUT2D eigenvalue weighted by atomic mass is 9.76. The van der Waals surface area contributed by atoms with E-state index in [0.29, 0.717) is 11.6 Å². The van der Waals surface area contributed by atoms with Crippen LogP contribution < -0.4 is 5.73 Å². The highest BCUT2D eigenvalue weighted by molar-refractivity contribution is 5.03. The topological polar surface area (TPSA) is 29.3 Å². The molecule has 90 valence electrons. The van der Waals surface area contributed by atoms with Crippen molar-refractivity contribution < 1.29 is 0 Å². The van der Waals surface area contributed by atoms with Crippen molar-refractivity contribution >= 4 is 0 Å². The number of nitrogens with two attached hydrogens (primary N) is 1. The number of unbranched alkanes of at least 4 members (excludes halogenated alkanes) is 1. The SMILES string of the molecule is CCCCN1C(C)(C)CCC(N)C1(C)C. The second kappa shape index (κ2) is 4.42. The highest BCUT2D eigenvalue weighted by Crippen LogP contribution is 2.37. The van der Waals surface area contributed by atoms with Crippen molar-refractivity contribution in [1.29, 1.82) is 0 Å². The van der Waals surface area contributed by atoms with Crippen molar-refractivity contribution in [2.45, 2.75) is 77.4 Å². The summed E-state index contributed by atoms with van der Waals surface area (Å²) in [4.78, 5) is 2.62. The predicted molar refractivity (Wildman–Crippen MR) is 67.0 cm³/mol. The van der Waals surface area contributed by atoms with Gasteiger partial charge in [-0.25, -0.2) is 0 Å². The highest BCUT2D eigenvalue weighted by atomic mass is 15.3. The number of nitrogens with zero attached hydrogens (tertiary/aromatic N) is 1. The molecule has 0 aliphatic carbocycles. The third-order valence-corrected chi connectivity index (χ3v) is 4.14. The van der Waals surface area contributed by atoms with Gasteiger partial charge in [-0.2, -0.15) is 0 Å². The van der Waals surface area contributed by atoms with Gasteiger partial charge in [-0.05, 0) is 53.5 Å². The van der Waals surface area contributed by atoms with Gasteiger partial charge in [0, 0.05) is 17.1 Å². The molecular weight excluding hydrogens is 184 g/mol. The minimum atomic E-state index is 0.150. The Kier molecular flexibility index (Phi) is 3.83. The van der Waals surface area contributed by atoms with Crippen molar-refractivity contribution in [2.75, 3.05) is 6.54 Å². The summed E-state index contributed by atoms with van der Waals surface area (Å²) in [5, 5.41) is 0. The summed E-state index contributed by atoms with van der Waals surface area (Å²) in [6, 6.07) is 0.322. The van der Waals surface area contributed by atoms with E-state index in [-0.39, 0.29) is 5.54 Å². The largest absolute Gasteiger partial charge is 0.326 e. The average Bonchev–Trinajstić information content (AvgIpc) is 2.12. The van der Waals surface area contributed by atoms with Crippen LogP contribution in [0.4, 0.5) is 0 Å². The van der Waals surface area contributed by atoms with E-state index < -0.39 is 0 Å². The number of likely N-dealkylation sites (tertiary alicyclic amines) is 1. The van der Waals surface area contributed by atoms with Crippen molar-refractivity contribution in [3.8, 4) is 0 Å². The Morgan fingerprint density at radius 2 is 1.87 bits per heavy atom. The molecule has 0 aromatic rings. The Balaban J connectivity index is 2.81. The molecular formula is C13H28N2. The molecule has 1 fully saturated rings. The van der Waals surface area contributed by atoms with E-state index in [1.165, 1.54) is 25.8 Å². The molecule has 0 bridgehead atoms. The summed E-state index contributed by atoms with van der Waals surface area (Å²) in [6.45, 7) is 12.8. The van der Waals surface area contributed by atoms with Crippen LogP contribution in [0.1, 0.15) is 60.3 Å². The zero-order valence-corrected chi connectivity index (χ0v) is 11.1. The fourth-order valence-corrected chi connectivity index (χ4v) is 2.88. The third-order valence-electron chi connectivity index (χ3n) is 4.14. The molecule has 0 spiro atoms. The van der Waals surface area contributed by atoms with Gasteiger partial charge in [-0.15, -0.1) is 0 Å². The van der Waals surface area contributed by atoms with E-state index >= 15 is 0 Å². The summed E-state index contributed by atoms with van der Waals surface area (Å²) in [7, 11) is 0. The molecule has 1 rings (SSSR count). The van der Waals surface area contributed by atoms with Crippen LogP contribution in [-0.4, -0.2) is 28.6 Å². The van der Waals surface area contributed by atoms with Crippen LogP contribution in [-0.2, 0) is 0 Å². The van der Waals surface area contributed by atoms with Crippen LogP contribution in [0.5, 0.6) is 0 Å². The van der Waals surface area contributed by atoms with Gasteiger partial charge in [0.05, 0.1) is 0 Å². The summed E-state index contributed by atoms with van der Waals surface area (Å²) in [6.07, 6.45) is 4.92. The van der Waals surface area contributed by atoms with Gasteiger partial charge >= 0.3 is 0 Å². The molecule has 2 nitrogen and oxygen atoms in total. The Hall–Kier alpha value is -0.0800. The van der Waals surface area contributed by atoms with E-state index in [1.54, 1.807) is 0 Å². The Labute approximate surface area is 95.2 Å². The summed E-state index contributed by atoms with van der Waals surface area (Å²) in [5.74, 6) is 0. The zero-order chi connectivity index (χ0) is 11.7. The van der Waals surface area contributed by atoms with E-state index in [1.807, 2.05) is 0 Å². The first-order valence-electron chi connectivity index (χ1n) is 6.35. The molecule has 1 aliphatic heterocycles. The minimum Gasteiger partial charge on any atom is -0.326 e. The number of hydrogen-bond acceptors (Lipinski definition) is 2. The van der Waals surface area contributed by atoms with Gasteiger partial charge < -0.3 is 5.73 Å². The van der Waals surface area contributed by atoms with Crippen molar-refractivity contribution in [1.82, 2.24) is 4.90 Å². The molecule has 2 N–H and O–H groups in total. The quantitative estimate of drug-likeness (QED) is 0.779. The molecule has 0 saturated carbocycles. The first-order chi connectivity index (χ1) is 6.82. The molecule has 0 aromatic carbocycles. The van der Waals surface area contributed by atoms with E-state index in [9.17, 15) is 0 Å². The molecule has 1 atom stereocenters. The van der Waals surface area contributed by atoms with E-state index in [0.717, 1.165) is 6.42 Å². The van der Waals surface area contributed by atoms with Gasteiger partial charge in [0.15, 0.2) is 0 Å². The Morgan fingerprint density at radius 1 is 1.27 bits per heavy atom. The van der Waals surface area contributed by atoms with Gasteiger partial charge in [0.2, 0.25) is 0 Å². The first kappa shape index (κ1) is 13.0. The van der Waals surface area contributed by atoms with Crippen molar-refractivity contribution in [3.63, 3.8) is 0 Å². The fourth-order valence-electron chi connectivity index (χ4n) is 2.88. The lowest BCUT2D eigenvalue weighted by molar-refractivity contribution is -0.0401. The maximum Gasteiger partial charge on any atom is 0.0309 e. The van der Waals surface area contributed by atoms with Gasteiger partial charge in [0.25, 0.3) is 0 Å². The van der Waals surface area contributed by atoms with Crippen molar-refractivity contribution in [3.05, 3.63) is 0 Å². The lowest BCUT2D eigenvalue weighted by Gasteiger charge is -2.56. The zero-order valence-electron chi connectivity index (χ0n) is 11.1. The summed E-state index contributed by atoms with van der Waals surface area (Å²) in [5.41, 5.74) is 6.72. The first-order valence-corrected chi connectivity index (χ1v) is 6.35. The predicted octanol–water partition coefficient (Wildman–Crippen LogP) is 2.77. The molecule has 15 heavy (non-hydrogen) atoms. The molecule has 1 heterocycles. The normalized spacial score (nSPS) is 30.4. The van der Waals surface area contributed by atoms with Gasteiger partial charge in [-0.3, -0.25) is 4.90 Å². The van der Waals surface area contributed by atoms with E-state index in [4.69, 9.17) is 5.73 Å². The molecule has 1 unspecified atom stereocenters. The monoisotopic (exact) mass is 212 g/mol. The summed E-state index contributed by atoms with van der Waals surface area (Å²) >= 11 is 0. The van der Waals surface area contributed by atoms with Gasteiger partial charge in [0.1, 0.15) is 0 Å². The van der Waals surface area contributed by atoms with Crippen LogP contribution in [0.15, 0.2) is 0 Å². The standard InChI is InChI=1S/C13H28N2/c1-6-7-10-15-12(2,3)9-8-11(14)13(15,4)5/h11H,6-10,14H2,1-5H3. The van der Waals surface area contributed by atoms with Crippen LogP contribution >= 0.6 is 0 Å². The second-order valence-electron chi connectivity index (χ2n) is 6.12. The maximum atomic E-state index is 6.25. The van der Waals surface area contributed by atoms with Crippen molar-refractivity contribution in [2.24, 2.45) is 5.73 Å². The minimum absolute atomic E-state index is 0.150. The van der Waals surface area contributed by atoms with Gasteiger partial charge in [-0.1, -0.05) is 13.3 Å². The lowest BCUT2D eigenvalue weighted by Crippen LogP contribution is -2.66. The highest BCUT2D eigenvalue weighted by Gasteiger charge is 2.44. The summed E-state index contributed by atoms with van der Waals surface area (Å²) < 4.78 is 0. The van der Waals surface area contributed by atoms with Crippen LogP contribution in [0.25, 0.3) is 0 Å². The fraction of sp³-hybridized carbons (Fsp3) is 1.00.